The van der Waals surface area contributed by atoms with Crippen molar-refractivity contribution in [3.8, 4) is 11.5 Å². The number of rotatable bonds is 3. The Labute approximate surface area is 139 Å². The zero-order valence-corrected chi connectivity index (χ0v) is 14.1. The number of benzene rings is 1. The van der Waals surface area contributed by atoms with Gasteiger partial charge in [-0.15, -0.1) is 21.5 Å². The van der Waals surface area contributed by atoms with Gasteiger partial charge in [-0.25, -0.2) is 0 Å². The van der Waals surface area contributed by atoms with Gasteiger partial charge in [-0.3, -0.25) is 4.90 Å². The molecule has 0 spiro atoms. The Kier molecular flexibility index (Phi) is 3.75. The topological polar surface area (TPSA) is 42.2 Å². The molecule has 0 radical (unpaired) electrons. The van der Waals surface area contributed by atoms with Crippen molar-refractivity contribution in [2.24, 2.45) is 0 Å². The van der Waals surface area contributed by atoms with Gasteiger partial charge in [-0.1, -0.05) is 17.7 Å². The van der Waals surface area contributed by atoms with E-state index in [1.54, 1.807) is 0 Å². The van der Waals surface area contributed by atoms with E-state index in [0.717, 1.165) is 25.1 Å². The summed E-state index contributed by atoms with van der Waals surface area (Å²) in [6.45, 7) is 6.21. The Bertz CT molecular complexity index is 806. The van der Waals surface area contributed by atoms with Gasteiger partial charge >= 0.3 is 0 Å². The molecule has 0 amide bonds. The lowest BCUT2D eigenvalue weighted by Crippen LogP contribution is -2.32. The Balaban J connectivity index is 1.53. The molecule has 118 valence electrons. The second-order valence-electron chi connectivity index (χ2n) is 6.08. The van der Waals surface area contributed by atoms with E-state index in [1.807, 2.05) is 23.5 Å². The molecular formula is C18H19N3OS. The third-order valence-electron chi connectivity index (χ3n) is 4.48. The highest BCUT2D eigenvalue weighted by molar-refractivity contribution is 7.10. The minimum absolute atomic E-state index is 0.134. The summed E-state index contributed by atoms with van der Waals surface area (Å²) in [7, 11) is 0. The molecule has 1 aliphatic rings. The van der Waals surface area contributed by atoms with Crippen LogP contribution in [-0.2, 0) is 13.0 Å². The molecule has 2 aromatic heterocycles. The van der Waals surface area contributed by atoms with E-state index in [4.69, 9.17) is 4.42 Å². The number of hydrogen-bond acceptors (Lipinski definition) is 5. The Morgan fingerprint density at radius 3 is 2.83 bits per heavy atom. The summed E-state index contributed by atoms with van der Waals surface area (Å²) in [6, 6.07) is 10.5. The van der Waals surface area contributed by atoms with E-state index in [2.05, 4.69) is 52.5 Å². The van der Waals surface area contributed by atoms with Gasteiger partial charge in [0.25, 0.3) is 0 Å². The van der Waals surface area contributed by atoms with Crippen molar-refractivity contribution in [1.82, 2.24) is 15.1 Å². The Morgan fingerprint density at radius 2 is 2.00 bits per heavy atom. The van der Waals surface area contributed by atoms with Crippen LogP contribution in [0.3, 0.4) is 0 Å². The van der Waals surface area contributed by atoms with Gasteiger partial charge in [-0.05, 0) is 49.4 Å². The average Bonchev–Trinajstić information content (AvgIpc) is 3.23. The van der Waals surface area contributed by atoms with Crippen LogP contribution in [0.25, 0.3) is 11.5 Å². The number of nitrogens with zero attached hydrogens (tertiary/aromatic N) is 3. The first-order chi connectivity index (χ1) is 11.2. The molecule has 1 atom stereocenters. The fourth-order valence-electron chi connectivity index (χ4n) is 2.97. The maximum atomic E-state index is 5.93. The Morgan fingerprint density at radius 1 is 1.17 bits per heavy atom. The standard InChI is InChI=1S/C18H19N3OS/c1-12-3-5-14(6-4-12)18-20-19-17(22-18)13(2)21-9-7-16-15(11-21)8-10-23-16/h3-6,8,10,13H,7,9,11H2,1-2H3/t13-/m0/s1. The van der Waals surface area contributed by atoms with Gasteiger partial charge in [0.2, 0.25) is 11.8 Å². The van der Waals surface area contributed by atoms with E-state index in [0.29, 0.717) is 11.8 Å². The van der Waals surface area contributed by atoms with Gasteiger partial charge in [0.05, 0.1) is 6.04 Å². The van der Waals surface area contributed by atoms with Gasteiger partial charge < -0.3 is 4.42 Å². The maximum Gasteiger partial charge on any atom is 0.247 e. The minimum Gasteiger partial charge on any atom is -0.419 e. The fourth-order valence-corrected chi connectivity index (χ4v) is 3.86. The molecular weight excluding hydrogens is 306 g/mol. The second kappa shape index (κ2) is 5.91. The van der Waals surface area contributed by atoms with Crippen LogP contribution >= 0.6 is 11.3 Å². The summed E-state index contributed by atoms with van der Waals surface area (Å²) in [5.41, 5.74) is 3.63. The first-order valence-electron chi connectivity index (χ1n) is 7.90. The van der Waals surface area contributed by atoms with E-state index in [-0.39, 0.29) is 6.04 Å². The highest BCUT2D eigenvalue weighted by Crippen LogP contribution is 2.30. The molecule has 0 aliphatic carbocycles. The average molecular weight is 325 g/mol. The summed E-state index contributed by atoms with van der Waals surface area (Å²) in [5.74, 6) is 1.29. The van der Waals surface area contributed by atoms with Crippen molar-refractivity contribution in [2.45, 2.75) is 32.9 Å². The SMILES string of the molecule is Cc1ccc(-c2nnc([C@H](C)N3CCc4sccc4C3)o2)cc1. The second-order valence-corrected chi connectivity index (χ2v) is 7.08. The zero-order chi connectivity index (χ0) is 15.8. The van der Waals surface area contributed by atoms with E-state index in [9.17, 15) is 0 Å². The van der Waals surface area contributed by atoms with Crippen molar-refractivity contribution in [1.29, 1.82) is 0 Å². The molecule has 0 bridgehead atoms. The largest absolute Gasteiger partial charge is 0.419 e. The zero-order valence-electron chi connectivity index (χ0n) is 13.3. The predicted octanol–water partition coefficient (Wildman–Crippen LogP) is 4.23. The highest BCUT2D eigenvalue weighted by Gasteiger charge is 2.26. The lowest BCUT2D eigenvalue weighted by Gasteiger charge is -2.30. The molecule has 23 heavy (non-hydrogen) atoms. The van der Waals surface area contributed by atoms with Crippen LogP contribution in [0.4, 0.5) is 0 Å². The van der Waals surface area contributed by atoms with E-state index < -0.39 is 0 Å². The van der Waals surface area contributed by atoms with Gasteiger partial charge in [0.1, 0.15) is 0 Å². The summed E-state index contributed by atoms with van der Waals surface area (Å²) >= 11 is 1.86. The molecule has 4 rings (SSSR count). The third-order valence-corrected chi connectivity index (χ3v) is 5.50. The van der Waals surface area contributed by atoms with Crippen molar-refractivity contribution in [3.63, 3.8) is 0 Å². The first-order valence-corrected chi connectivity index (χ1v) is 8.78. The lowest BCUT2D eigenvalue weighted by molar-refractivity contribution is 0.168. The molecule has 1 aliphatic heterocycles. The number of hydrogen-bond donors (Lipinski definition) is 0. The molecule has 0 saturated heterocycles. The summed E-state index contributed by atoms with van der Waals surface area (Å²) in [5, 5.41) is 10.7. The Hall–Kier alpha value is -1.98. The quantitative estimate of drug-likeness (QED) is 0.723. The van der Waals surface area contributed by atoms with Crippen molar-refractivity contribution in [3.05, 3.63) is 57.6 Å². The maximum absolute atomic E-state index is 5.93. The van der Waals surface area contributed by atoms with Crippen LogP contribution in [0.5, 0.6) is 0 Å². The van der Waals surface area contributed by atoms with Crippen LogP contribution in [0.1, 0.15) is 34.9 Å². The van der Waals surface area contributed by atoms with Crippen LogP contribution in [0.15, 0.2) is 40.1 Å². The molecule has 0 saturated carbocycles. The third kappa shape index (κ3) is 2.82. The fraction of sp³-hybridized carbons (Fsp3) is 0.333. The summed E-state index contributed by atoms with van der Waals surface area (Å²) in [6.07, 6.45) is 1.11. The summed E-state index contributed by atoms with van der Waals surface area (Å²) < 4.78 is 5.93. The van der Waals surface area contributed by atoms with Gasteiger partial charge in [0, 0.05) is 23.5 Å². The smallest absolute Gasteiger partial charge is 0.247 e. The molecule has 0 unspecified atom stereocenters. The van der Waals surface area contributed by atoms with Gasteiger partial charge in [-0.2, -0.15) is 0 Å². The lowest BCUT2D eigenvalue weighted by atomic mass is 10.1. The number of aromatic nitrogens is 2. The molecule has 0 N–H and O–H groups in total. The van der Waals surface area contributed by atoms with Crippen molar-refractivity contribution < 1.29 is 4.42 Å². The normalized spacial score (nSPS) is 16.3. The van der Waals surface area contributed by atoms with Crippen molar-refractivity contribution in [2.75, 3.05) is 6.54 Å². The van der Waals surface area contributed by atoms with E-state index >= 15 is 0 Å². The van der Waals surface area contributed by atoms with Crippen LogP contribution in [0.2, 0.25) is 0 Å². The minimum atomic E-state index is 0.134. The molecule has 4 nitrogen and oxygen atoms in total. The van der Waals surface area contributed by atoms with Crippen molar-refractivity contribution >= 4 is 11.3 Å². The van der Waals surface area contributed by atoms with Crippen LogP contribution in [-0.4, -0.2) is 21.6 Å². The molecule has 1 aromatic carbocycles. The van der Waals surface area contributed by atoms with Crippen LogP contribution in [0, 0.1) is 6.92 Å². The summed E-state index contributed by atoms with van der Waals surface area (Å²) in [4.78, 5) is 3.92. The van der Waals surface area contributed by atoms with E-state index in [1.165, 1.54) is 16.0 Å². The number of aryl methyl sites for hydroxylation is 1. The first kappa shape index (κ1) is 14.6. The number of thiophene rings is 1. The monoisotopic (exact) mass is 325 g/mol. The molecule has 5 heteroatoms. The number of fused-ring (bicyclic) bond motifs is 1. The highest BCUT2D eigenvalue weighted by atomic mass is 32.1. The molecule has 0 fully saturated rings. The molecule has 3 heterocycles. The predicted molar refractivity (Wildman–Crippen MR) is 91.3 cm³/mol. The van der Waals surface area contributed by atoms with Gasteiger partial charge in [0.15, 0.2) is 0 Å². The van der Waals surface area contributed by atoms with Crippen LogP contribution < -0.4 is 0 Å². The molecule has 3 aromatic rings.